The lowest BCUT2D eigenvalue weighted by molar-refractivity contribution is -0.193. The van der Waals surface area contributed by atoms with Crippen molar-refractivity contribution in [2.45, 2.75) is 70.1 Å². The summed E-state index contributed by atoms with van der Waals surface area (Å²) in [4.78, 5) is 37.5. The van der Waals surface area contributed by atoms with Gasteiger partial charge in [0.05, 0.1) is 6.54 Å². The summed E-state index contributed by atoms with van der Waals surface area (Å²) in [6.07, 6.45) is -2.14. The van der Waals surface area contributed by atoms with Gasteiger partial charge in [-0.3, -0.25) is 4.79 Å². The minimum Gasteiger partial charge on any atom is -0.475 e. The van der Waals surface area contributed by atoms with Gasteiger partial charge in [-0.1, -0.05) is 13.8 Å². The second-order valence-corrected chi connectivity index (χ2v) is 9.99. The average molecular weight is 575 g/mol. The Morgan fingerprint density at radius 2 is 1.59 bits per heavy atom. The number of halogens is 6. The number of nitrogens with zero attached hydrogens (tertiary/aromatic N) is 3. The molecule has 1 saturated carbocycles. The lowest BCUT2D eigenvalue weighted by Crippen LogP contribution is -2.54. The van der Waals surface area contributed by atoms with E-state index in [4.69, 9.17) is 24.5 Å². The molecule has 1 aromatic heterocycles. The fourth-order valence-electron chi connectivity index (χ4n) is 4.06. The monoisotopic (exact) mass is 574 g/mol. The number of aliphatic carboxylic acids is 2. The van der Waals surface area contributed by atoms with E-state index >= 15 is 0 Å². The zero-order valence-electron chi connectivity index (χ0n) is 21.4. The number of hydrogen-bond acceptors (Lipinski definition) is 6. The van der Waals surface area contributed by atoms with E-state index in [1.807, 2.05) is 12.4 Å². The molecule has 0 bridgehead atoms. The largest absolute Gasteiger partial charge is 0.490 e. The van der Waals surface area contributed by atoms with Crippen molar-refractivity contribution in [3.05, 3.63) is 18.2 Å². The molecule has 222 valence electrons. The van der Waals surface area contributed by atoms with Crippen molar-refractivity contribution >= 4 is 17.8 Å². The molecule has 2 fully saturated rings. The summed E-state index contributed by atoms with van der Waals surface area (Å²) in [7, 11) is 0. The number of piperidine rings is 1. The summed E-state index contributed by atoms with van der Waals surface area (Å²) in [5, 5.41) is 17.3. The number of hydrogen-bond donors (Lipinski definition) is 3. The first-order valence-corrected chi connectivity index (χ1v) is 12.2. The van der Waals surface area contributed by atoms with E-state index in [-0.39, 0.29) is 5.91 Å². The Hall–Kier alpha value is -2.88. The van der Waals surface area contributed by atoms with Gasteiger partial charge in [-0.05, 0) is 37.5 Å². The minimum atomic E-state index is -5.08. The van der Waals surface area contributed by atoms with E-state index in [1.165, 1.54) is 19.4 Å². The van der Waals surface area contributed by atoms with Crippen LogP contribution in [-0.2, 0) is 31.3 Å². The van der Waals surface area contributed by atoms with Gasteiger partial charge >= 0.3 is 24.3 Å². The summed E-state index contributed by atoms with van der Waals surface area (Å²) in [6, 6.07) is 0. The molecular formula is C23H32F6N4O6. The van der Waals surface area contributed by atoms with Crippen molar-refractivity contribution in [2.24, 2.45) is 11.8 Å². The number of rotatable bonds is 5. The first-order valence-electron chi connectivity index (χ1n) is 12.2. The van der Waals surface area contributed by atoms with Crippen LogP contribution in [0.15, 0.2) is 12.4 Å². The zero-order valence-corrected chi connectivity index (χ0v) is 21.4. The summed E-state index contributed by atoms with van der Waals surface area (Å²) >= 11 is 0. The lowest BCUT2D eigenvalue weighted by atomic mass is 9.88. The molecule has 2 aliphatic heterocycles. The van der Waals surface area contributed by atoms with Crippen molar-refractivity contribution < 1.29 is 55.7 Å². The Morgan fingerprint density at radius 3 is 2.03 bits per heavy atom. The van der Waals surface area contributed by atoms with Crippen molar-refractivity contribution in [1.29, 1.82) is 0 Å². The quantitative estimate of drug-likeness (QED) is 0.457. The van der Waals surface area contributed by atoms with Gasteiger partial charge in [0, 0.05) is 38.6 Å². The van der Waals surface area contributed by atoms with Crippen molar-refractivity contribution in [2.75, 3.05) is 26.2 Å². The summed E-state index contributed by atoms with van der Waals surface area (Å²) in [6.45, 7) is 8.75. The van der Waals surface area contributed by atoms with E-state index in [0.29, 0.717) is 19.0 Å². The molecule has 1 aliphatic carbocycles. The molecule has 1 atom stereocenters. The van der Waals surface area contributed by atoms with Crippen LogP contribution in [0.3, 0.4) is 0 Å². The predicted molar refractivity (Wildman–Crippen MR) is 122 cm³/mol. The number of nitrogens with one attached hydrogen (secondary N) is 1. The molecule has 10 nitrogen and oxygen atoms in total. The number of carbonyl (C=O) groups excluding carboxylic acids is 1. The summed E-state index contributed by atoms with van der Waals surface area (Å²) in [5.41, 5.74) is -0.401. The SMILES string of the molecule is CC(C)CNC(=O)C1Cn2ccnc2C2(CCN(CC3CC3)CC2)O1.O=C(O)C(F)(F)F.O=C(O)C(F)(F)F. The number of aromatic nitrogens is 2. The van der Waals surface area contributed by atoms with E-state index in [1.54, 1.807) is 0 Å². The van der Waals surface area contributed by atoms with Gasteiger partial charge in [-0.2, -0.15) is 26.3 Å². The summed E-state index contributed by atoms with van der Waals surface area (Å²) < 4.78 is 72.0. The maximum Gasteiger partial charge on any atom is 0.490 e. The topological polar surface area (TPSA) is 134 Å². The van der Waals surface area contributed by atoms with Gasteiger partial charge in [-0.25, -0.2) is 14.6 Å². The number of carboxylic acids is 2. The Balaban J connectivity index is 0.000000317. The Labute approximate surface area is 220 Å². The van der Waals surface area contributed by atoms with Gasteiger partial charge in [-0.15, -0.1) is 0 Å². The van der Waals surface area contributed by atoms with Crippen LogP contribution in [0.4, 0.5) is 26.3 Å². The number of imidazole rings is 1. The Kier molecular flexibility index (Phi) is 10.8. The highest BCUT2D eigenvalue weighted by atomic mass is 19.4. The van der Waals surface area contributed by atoms with Gasteiger partial charge in [0.25, 0.3) is 5.91 Å². The molecule has 39 heavy (non-hydrogen) atoms. The Morgan fingerprint density at radius 1 is 1.08 bits per heavy atom. The number of carbonyl (C=O) groups is 3. The van der Waals surface area contributed by atoms with Gasteiger partial charge in [0.1, 0.15) is 11.4 Å². The fraction of sp³-hybridized carbons (Fsp3) is 0.739. The first kappa shape index (κ1) is 32.3. The molecule has 0 aromatic carbocycles. The van der Waals surface area contributed by atoms with Crippen LogP contribution in [0.25, 0.3) is 0 Å². The highest BCUT2D eigenvalue weighted by molar-refractivity contribution is 5.81. The molecule has 1 aromatic rings. The summed E-state index contributed by atoms with van der Waals surface area (Å²) in [5.74, 6) is -3.15. The molecule has 3 heterocycles. The van der Waals surface area contributed by atoms with Crippen LogP contribution in [0.2, 0.25) is 0 Å². The van der Waals surface area contributed by atoms with E-state index < -0.39 is 36.0 Å². The van der Waals surface area contributed by atoms with Gasteiger partial charge in [0.15, 0.2) is 6.10 Å². The third-order valence-electron chi connectivity index (χ3n) is 6.19. The second kappa shape index (κ2) is 13.0. The van der Waals surface area contributed by atoms with Crippen molar-refractivity contribution in [3.8, 4) is 0 Å². The third kappa shape index (κ3) is 9.98. The average Bonchev–Trinajstić information content (AvgIpc) is 3.50. The van der Waals surface area contributed by atoms with E-state index in [2.05, 4.69) is 33.6 Å². The van der Waals surface area contributed by atoms with Crippen LogP contribution in [0.5, 0.6) is 0 Å². The lowest BCUT2D eigenvalue weighted by Gasteiger charge is -2.45. The highest BCUT2D eigenvalue weighted by Gasteiger charge is 2.47. The molecule has 4 rings (SSSR count). The first-order chi connectivity index (χ1) is 17.9. The minimum absolute atomic E-state index is 0.00725. The van der Waals surface area contributed by atoms with Gasteiger partial charge in [0.2, 0.25) is 0 Å². The second-order valence-electron chi connectivity index (χ2n) is 9.99. The molecule has 1 unspecified atom stereocenters. The highest BCUT2D eigenvalue weighted by Crippen LogP contribution is 2.41. The zero-order chi connectivity index (χ0) is 29.6. The van der Waals surface area contributed by atoms with Crippen LogP contribution >= 0.6 is 0 Å². The standard InChI is InChI=1S/C19H30N4O2.2C2HF3O2/c1-14(2)11-21-17(24)16-13-23-10-7-20-18(23)19(25-16)5-8-22(9-6-19)12-15-3-4-15;2*3-2(4,5)1(6)7/h7,10,14-16H,3-6,8-9,11-13H2,1-2H3,(H,21,24);2*(H,6,7). The molecule has 1 amide bonds. The van der Waals surface area contributed by atoms with Gasteiger partial charge < -0.3 is 29.7 Å². The smallest absolute Gasteiger partial charge is 0.475 e. The number of alkyl halides is 6. The molecule has 3 aliphatic rings. The molecular weight excluding hydrogens is 542 g/mol. The number of ether oxygens (including phenoxy) is 1. The van der Waals surface area contributed by atoms with Crippen LogP contribution < -0.4 is 5.32 Å². The maximum atomic E-state index is 12.6. The number of likely N-dealkylation sites (tertiary alicyclic amines) is 1. The number of amides is 1. The van der Waals surface area contributed by atoms with Crippen LogP contribution in [0.1, 0.15) is 45.4 Å². The normalized spacial score (nSPS) is 20.7. The van der Waals surface area contributed by atoms with Crippen molar-refractivity contribution in [1.82, 2.24) is 19.8 Å². The number of carboxylic acid groups (broad SMARTS) is 2. The fourth-order valence-corrected chi connectivity index (χ4v) is 4.06. The van der Waals surface area contributed by atoms with Crippen LogP contribution in [-0.4, -0.2) is 87.1 Å². The maximum absolute atomic E-state index is 12.6. The predicted octanol–water partition coefficient (Wildman–Crippen LogP) is 3.02. The third-order valence-corrected chi connectivity index (χ3v) is 6.19. The van der Waals surface area contributed by atoms with Crippen molar-refractivity contribution in [3.63, 3.8) is 0 Å². The Bertz CT molecular complexity index is 960. The molecule has 1 spiro atoms. The van der Waals surface area contributed by atoms with Crippen LogP contribution in [0, 0.1) is 11.8 Å². The molecule has 3 N–H and O–H groups in total. The van der Waals surface area contributed by atoms with E-state index in [9.17, 15) is 31.1 Å². The van der Waals surface area contributed by atoms with E-state index in [0.717, 1.165) is 37.7 Å². The molecule has 1 saturated heterocycles. The number of fused-ring (bicyclic) bond motifs is 2. The molecule has 16 heteroatoms. The molecule has 0 radical (unpaired) electrons.